The summed E-state index contributed by atoms with van der Waals surface area (Å²) < 4.78 is 25.9. The summed E-state index contributed by atoms with van der Waals surface area (Å²) in [7, 11) is -0.925. The molecule has 5 rings (SSSR count). The van der Waals surface area contributed by atoms with Gasteiger partial charge in [0.1, 0.15) is 16.5 Å². The van der Waals surface area contributed by atoms with Crippen LogP contribution in [0.15, 0.2) is 35.7 Å². The number of aryl methyl sites for hydroxylation is 2. The first-order valence-corrected chi connectivity index (χ1v) is 13.7. The van der Waals surface area contributed by atoms with Crippen LogP contribution in [-0.4, -0.2) is 46.7 Å². The van der Waals surface area contributed by atoms with Crippen molar-refractivity contribution in [3.8, 4) is 11.1 Å². The van der Waals surface area contributed by atoms with Crippen LogP contribution in [0.4, 0.5) is 5.82 Å². The summed E-state index contributed by atoms with van der Waals surface area (Å²) in [4.78, 5) is 12.6. The van der Waals surface area contributed by atoms with Crippen LogP contribution < -0.4 is 4.90 Å². The molecule has 0 spiro atoms. The van der Waals surface area contributed by atoms with Gasteiger partial charge in [0.2, 0.25) is 0 Å². The number of sulfone groups is 1. The van der Waals surface area contributed by atoms with Gasteiger partial charge in [0, 0.05) is 35.8 Å². The summed E-state index contributed by atoms with van der Waals surface area (Å²) in [5.74, 6) is 2.05. The van der Waals surface area contributed by atoms with Crippen LogP contribution in [-0.2, 0) is 16.4 Å². The second-order valence-corrected chi connectivity index (χ2v) is 11.9. The van der Waals surface area contributed by atoms with Crippen molar-refractivity contribution in [2.45, 2.75) is 39.8 Å². The molecule has 1 aliphatic rings. The fourth-order valence-electron chi connectivity index (χ4n) is 4.70. The molecule has 0 radical (unpaired) electrons. The van der Waals surface area contributed by atoms with Crippen molar-refractivity contribution in [2.75, 3.05) is 23.5 Å². The predicted molar refractivity (Wildman–Crippen MR) is 134 cm³/mol. The molecule has 9 heteroatoms. The number of benzene rings is 1. The molecular weight excluding hydrogens is 454 g/mol. The van der Waals surface area contributed by atoms with Gasteiger partial charge in [-0.05, 0) is 32.8 Å². The highest BCUT2D eigenvalue weighted by molar-refractivity contribution is 7.91. The fourth-order valence-corrected chi connectivity index (χ4v) is 7.37. The first kappa shape index (κ1) is 22.0. The van der Waals surface area contributed by atoms with Gasteiger partial charge in [0.15, 0.2) is 9.84 Å². The molecule has 1 saturated heterocycles. The Balaban J connectivity index is 1.53. The lowest BCUT2D eigenvalue weighted by Crippen LogP contribution is -2.20. The van der Waals surface area contributed by atoms with E-state index in [1.165, 1.54) is 0 Å². The first-order chi connectivity index (χ1) is 15.7. The average Bonchev–Trinajstić information content (AvgIpc) is 3.44. The van der Waals surface area contributed by atoms with Crippen molar-refractivity contribution < 1.29 is 8.42 Å². The Kier molecular flexibility index (Phi) is 5.49. The maximum absolute atomic E-state index is 12.0. The highest BCUT2D eigenvalue weighted by Crippen LogP contribution is 2.38. The van der Waals surface area contributed by atoms with E-state index in [9.17, 15) is 8.42 Å². The molecule has 0 amide bonds. The lowest BCUT2D eigenvalue weighted by atomic mass is 10.1. The molecule has 4 heterocycles. The van der Waals surface area contributed by atoms with Gasteiger partial charge in [0.25, 0.3) is 0 Å². The van der Waals surface area contributed by atoms with Gasteiger partial charge in [-0.25, -0.2) is 18.4 Å². The summed E-state index contributed by atoms with van der Waals surface area (Å²) in [6.07, 6.45) is 0.626. The molecule has 0 aliphatic carbocycles. The Morgan fingerprint density at radius 3 is 2.61 bits per heavy atom. The number of hydrogen-bond acceptors (Lipinski definition) is 7. The van der Waals surface area contributed by atoms with Crippen LogP contribution >= 0.6 is 11.3 Å². The second-order valence-electron chi connectivity index (χ2n) is 8.80. The normalized spacial score (nSPS) is 17.6. The number of fused-ring (bicyclic) bond motifs is 1. The Bertz CT molecular complexity index is 1440. The minimum Gasteiger partial charge on any atom is -0.355 e. The second kappa shape index (κ2) is 8.22. The fraction of sp³-hybridized carbons (Fsp3) is 0.375. The molecule has 3 aromatic heterocycles. The van der Waals surface area contributed by atoms with Gasteiger partial charge < -0.3 is 4.90 Å². The number of rotatable bonds is 5. The molecule has 0 N–H and O–H groups in total. The maximum Gasteiger partial charge on any atom is 0.152 e. The number of thiophene rings is 1. The summed E-state index contributed by atoms with van der Waals surface area (Å²) in [5, 5.41) is 7.95. The molecule has 7 nitrogen and oxygen atoms in total. The zero-order valence-corrected chi connectivity index (χ0v) is 20.9. The van der Waals surface area contributed by atoms with Crippen LogP contribution in [0.3, 0.4) is 0 Å². The van der Waals surface area contributed by atoms with Crippen LogP contribution in [0.1, 0.15) is 35.2 Å². The molecular formula is C24H27N5O2S2. The summed E-state index contributed by atoms with van der Waals surface area (Å²) in [6, 6.07) is 10.2. The van der Waals surface area contributed by atoms with E-state index in [0.29, 0.717) is 13.0 Å². The van der Waals surface area contributed by atoms with Gasteiger partial charge in [-0.1, -0.05) is 30.3 Å². The molecule has 0 unspecified atom stereocenters. The van der Waals surface area contributed by atoms with E-state index in [1.54, 1.807) is 11.3 Å². The molecule has 4 aromatic rings. The number of hydrogen-bond donors (Lipinski definition) is 0. The summed E-state index contributed by atoms with van der Waals surface area (Å²) >= 11 is 1.64. The maximum atomic E-state index is 12.0. The Labute approximate surface area is 198 Å². The number of anilines is 1. The first-order valence-electron chi connectivity index (χ1n) is 11.0. The van der Waals surface area contributed by atoms with Crippen LogP contribution in [0, 0.1) is 20.8 Å². The van der Waals surface area contributed by atoms with E-state index in [0.717, 1.165) is 49.9 Å². The Hall–Kier alpha value is -2.78. The highest BCUT2D eigenvalue weighted by atomic mass is 32.2. The smallest absolute Gasteiger partial charge is 0.152 e. The highest BCUT2D eigenvalue weighted by Gasteiger charge is 2.31. The average molecular weight is 482 g/mol. The molecule has 33 heavy (non-hydrogen) atoms. The third-order valence-corrected chi connectivity index (χ3v) is 9.02. The minimum absolute atomic E-state index is 0.0812. The number of aromatic nitrogens is 4. The van der Waals surface area contributed by atoms with E-state index in [2.05, 4.69) is 27.4 Å². The van der Waals surface area contributed by atoms with Crippen molar-refractivity contribution in [2.24, 2.45) is 0 Å². The molecule has 0 bridgehead atoms. The van der Waals surface area contributed by atoms with Crippen molar-refractivity contribution in [1.29, 1.82) is 0 Å². The minimum atomic E-state index is -2.97. The van der Waals surface area contributed by atoms with E-state index >= 15 is 0 Å². The third kappa shape index (κ3) is 4.04. The van der Waals surface area contributed by atoms with Gasteiger partial charge in [-0.2, -0.15) is 5.10 Å². The summed E-state index contributed by atoms with van der Waals surface area (Å²) in [5.41, 5.74) is 5.35. The van der Waals surface area contributed by atoms with Crippen molar-refractivity contribution in [3.63, 3.8) is 0 Å². The topological polar surface area (TPSA) is 81.0 Å². The quantitative estimate of drug-likeness (QED) is 0.418. The zero-order valence-electron chi connectivity index (χ0n) is 19.2. The third-order valence-electron chi connectivity index (χ3n) is 6.40. The lowest BCUT2D eigenvalue weighted by Gasteiger charge is -2.21. The summed E-state index contributed by atoms with van der Waals surface area (Å²) in [6.45, 7) is 6.59. The number of nitrogens with zero attached hydrogens (tertiary/aromatic N) is 5. The van der Waals surface area contributed by atoms with Crippen LogP contribution in [0.5, 0.6) is 0 Å². The van der Waals surface area contributed by atoms with Gasteiger partial charge in [-0.15, -0.1) is 11.3 Å². The molecule has 1 aromatic carbocycles. The Morgan fingerprint density at radius 2 is 1.91 bits per heavy atom. The van der Waals surface area contributed by atoms with Crippen molar-refractivity contribution >= 4 is 37.2 Å². The standard InChI is InChI=1S/C24H27N5O2S2/c1-15-20(16(2)29(27-15)19-10-11-33(30,31)14-19)12-28(4)23-22-21(18-8-6-5-7-9-18)13-32-24(22)26-17(3)25-23/h5-9,13,19H,10-12,14H2,1-4H3/t19-/m1/s1. The van der Waals surface area contributed by atoms with Crippen molar-refractivity contribution in [3.05, 3.63) is 58.5 Å². The van der Waals surface area contributed by atoms with Gasteiger partial charge in [0.05, 0.1) is 28.6 Å². The molecule has 172 valence electrons. The molecule has 1 fully saturated rings. The molecule has 1 atom stereocenters. The van der Waals surface area contributed by atoms with Gasteiger partial charge >= 0.3 is 0 Å². The molecule has 1 aliphatic heterocycles. The predicted octanol–water partition coefficient (Wildman–Crippen LogP) is 4.48. The lowest BCUT2D eigenvalue weighted by molar-refractivity contribution is 0.485. The zero-order chi connectivity index (χ0) is 23.3. The molecule has 0 saturated carbocycles. The monoisotopic (exact) mass is 481 g/mol. The van der Waals surface area contributed by atoms with Crippen LogP contribution in [0.2, 0.25) is 0 Å². The Morgan fingerprint density at radius 1 is 1.15 bits per heavy atom. The SMILES string of the molecule is Cc1nc(N(C)Cc2c(C)nn([C@@H]3CCS(=O)(=O)C3)c2C)c2c(-c3ccccc3)csc2n1. The van der Waals surface area contributed by atoms with E-state index in [4.69, 9.17) is 10.1 Å². The van der Waals surface area contributed by atoms with E-state index in [1.807, 2.05) is 50.7 Å². The van der Waals surface area contributed by atoms with E-state index < -0.39 is 9.84 Å². The van der Waals surface area contributed by atoms with Crippen molar-refractivity contribution in [1.82, 2.24) is 19.7 Å². The van der Waals surface area contributed by atoms with E-state index in [-0.39, 0.29) is 17.5 Å². The largest absolute Gasteiger partial charge is 0.355 e. The van der Waals surface area contributed by atoms with Crippen LogP contribution in [0.25, 0.3) is 21.3 Å². The van der Waals surface area contributed by atoms with Gasteiger partial charge in [-0.3, -0.25) is 4.68 Å².